The lowest BCUT2D eigenvalue weighted by Crippen LogP contribution is -2.60. The lowest BCUT2D eigenvalue weighted by atomic mass is 9.70. The second-order valence-electron chi connectivity index (χ2n) is 6.52. The van der Waals surface area contributed by atoms with Crippen LogP contribution < -0.4 is 5.73 Å². The van der Waals surface area contributed by atoms with Crippen molar-refractivity contribution in [3.63, 3.8) is 0 Å². The highest BCUT2D eigenvalue weighted by Gasteiger charge is 2.41. The minimum absolute atomic E-state index is 0.125. The zero-order chi connectivity index (χ0) is 14.8. The Hall–Kier alpha value is -0.450. The number of likely N-dealkylation sites (N-methyl/N-ethyl adjacent to an activating group) is 1. The standard InChI is InChI=1S/C16H26BrN3/c1-12-5-4-6-16(9-12,20(2)3)15(18)8-13-7-14(17)11-19-10-13/h7,10-12,15H,4-6,8-9,18H2,1-3H3. The fourth-order valence-electron chi connectivity index (χ4n) is 3.65. The topological polar surface area (TPSA) is 42.1 Å². The van der Waals surface area contributed by atoms with Crippen molar-refractivity contribution < 1.29 is 0 Å². The van der Waals surface area contributed by atoms with Crippen molar-refractivity contribution >= 4 is 15.9 Å². The maximum Gasteiger partial charge on any atom is 0.0410 e. The molecular weight excluding hydrogens is 314 g/mol. The van der Waals surface area contributed by atoms with E-state index in [0.29, 0.717) is 0 Å². The molecule has 3 nitrogen and oxygen atoms in total. The van der Waals surface area contributed by atoms with Crippen LogP contribution in [0.3, 0.4) is 0 Å². The van der Waals surface area contributed by atoms with Gasteiger partial charge in [0, 0.05) is 28.4 Å². The summed E-state index contributed by atoms with van der Waals surface area (Å²) in [5.41, 5.74) is 7.98. The van der Waals surface area contributed by atoms with Crippen molar-refractivity contribution in [2.24, 2.45) is 11.7 Å². The van der Waals surface area contributed by atoms with Gasteiger partial charge in [0.25, 0.3) is 0 Å². The van der Waals surface area contributed by atoms with Crippen LogP contribution in [-0.2, 0) is 6.42 Å². The van der Waals surface area contributed by atoms with Gasteiger partial charge in [-0.3, -0.25) is 4.98 Å². The number of pyridine rings is 1. The summed E-state index contributed by atoms with van der Waals surface area (Å²) >= 11 is 3.49. The molecule has 1 heterocycles. The maximum absolute atomic E-state index is 6.64. The Bertz CT molecular complexity index is 449. The van der Waals surface area contributed by atoms with Crippen LogP contribution in [-0.4, -0.2) is 35.6 Å². The number of hydrogen-bond acceptors (Lipinski definition) is 3. The quantitative estimate of drug-likeness (QED) is 0.915. The normalized spacial score (nSPS) is 28.6. The third-order valence-corrected chi connectivity index (χ3v) is 5.24. The summed E-state index contributed by atoms with van der Waals surface area (Å²) < 4.78 is 1.03. The van der Waals surface area contributed by atoms with Gasteiger partial charge < -0.3 is 10.6 Å². The average Bonchev–Trinajstić information content (AvgIpc) is 2.38. The van der Waals surface area contributed by atoms with Gasteiger partial charge in [0.2, 0.25) is 0 Å². The Labute approximate surface area is 131 Å². The summed E-state index contributed by atoms with van der Waals surface area (Å²) in [5.74, 6) is 0.762. The van der Waals surface area contributed by atoms with Crippen LogP contribution in [0, 0.1) is 5.92 Å². The van der Waals surface area contributed by atoms with Gasteiger partial charge in [-0.2, -0.15) is 0 Å². The molecule has 1 fully saturated rings. The Morgan fingerprint density at radius 1 is 1.50 bits per heavy atom. The molecule has 0 aliphatic heterocycles. The Morgan fingerprint density at radius 2 is 2.25 bits per heavy atom. The third-order valence-electron chi connectivity index (χ3n) is 4.81. The fraction of sp³-hybridized carbons (Fsp3) is 0.688. The molecule has 0 radical (unpaired) electrons. The lowest BCUT2D eigenvalue weighted by Gasteiger charge is -2.49. The molecule has 0 spiro atoms. The molecule has 2 rings (SSSR count). The van der Waals surface area contributed by atoms with E-state index in [2.05, 4.69) is 52.9 Å². The first kappa shape index (κ1) is 15.9. The number of rotatable bonds is 4. The van der Waals surface area contributed by atoms with E-state index in [0.717, 1.165) is 16.8 Å². The molecule has 1 aromatic rings. The van der Waals surface area contributed by atoms with E-state index in [-0.39, 0.29) is 11.6 Å². The van der Waals surface area contributed by atoms with E-state index in [9.17, 15) is 0 Å². The van der Waals surface area contributed by atoms with Crippen molar-refractivity contribution in [3.8, 4) is 0 Å². The highest BCUT2D eigenvalue weighted by atomic mass is 79.9. The smallest absolute Gasteiger partial charge is 0.0410 e. The molecule has 1 aliphatic rings. The first-order chi connectivity index (χ1) is 9.44. The lowest BCUT2D eigenvalue weighted by molar-refractivity contribution is 0.0503. The van der Waals surface area contributed by atoms with Crippen molar-refractivity contribution in [2.75, 3.05) is 14.1 Å². The molecule has 1 aromatic heterocycles. The monoisotopic (exact) mass is 339 g/mol. The molecule has 0 amide bonds. The van der Waals surface area contributed by atoms with Gasteiger partial charge in [-0.05, 0) is 66.8 Å². The Kier molecular flexibility index (Phi) is 5.21. The SMILES string of the molecule is CC1CCCC(C(N)Cc2cncc(Br)c2)(N(C)C)C1. The predicted molar refractivity (Wildman–Crippen MR) is 87.7 cm³/mol. The molecule has 2 N–H and O–H groups in total. The van der Waals surface area contributed by atoms with Crippen molar-refractivity contribution in [1.82, 2.24) is 9.88 Å². The molecule has 0 aromatic carbocycles. The van der Waals surface area contributed by atoms with Crippen molar-refractivity contribution in [3.05, 3.63) is 28.5 Å². The van der Waals surface area contributed by atoms with E-state index < -0.39 is 0 Å². The van der Waals surface area contributed by atoms with Crippen LogP contribution >= 0.6 is 15.9 Å². The number of nitrogens with two attached hydrogens (primary N) is 1. The highest BCUT2D eigenvalue weighted by molar-refractivity contribution is 9.10. The average molecular weight is 340 g/mol. The second-order valence-corrected chi connectivity index (χ2v) is 7.44. The number of hydrogen-bond donors (Lipinski definition) is 1. The Morgan fingerprint density at radius 3 is 2.85 bits per heavy atom. The van der Waals surface area contributed by atoms with E-state index in [1.165, 1.54) is 31.2 Å². The summed E-state index contributed by atoms with van der Waals surface area (Å²) in [6.45, 7) is 2.35. The first-order valence-corrected chi connectivity index (χ1v) is 8.26. The molecule has 3 atom stereocenters. The van der Waals surface area contributed by atoms with Crippen LogP contribution in [0.25, 0.3) is 0 Å². The van der Waals surface area contributed by atoms with Gasteiger partial charge in [0.1, 0.15) is 0 Å². The zero-order valence-corrected chi connectivity index (χ0v) is 14.4. The summed E-state index contributed by atoms with van der Waals surface area (Å²) in [6, 6.07) is 2.28. The van der Waals surface area contributed by atoms with Crippen molar-refractivity contribution in [1.29, 1.82) is 0 Å². The first-order valence-electron chi connectivity index (χ1n) is 7.46. The maximum atomic E-state index is 6.64. The molecule has 112 valence electrons. The summed E-state index contributed by atoms with van der Waals surface area (Å²) in [7, 11) is 4.36. The number of nitrogens with zero attached hydrogens (tertiary/aromatic N) is 2. The fourth-order valence-corrected chi connectivity index (χ4v) is 4.06. The molecular formula is C16H26BrN3. The van der Waals surface area contributed by atoms with Crippen LogP contribution in [0.5, 0.6) is 0 Å². The highest BCUT2D eigenvalue weighted by Crippen LogP contribution is 2.38. The van der Waals surface area contributed by atoms with Crippen LogP contribution in [0.1, 0.15) is 38.2 Å². The van der Waals surface area contributed by atoms with Crippen LogP contribution in [0.4, 0.5) is 0 Å². The number of halogens is 1. The molecule has 1 saturated carbocycles. The van der Waals surface area contributed by atoms with Gasteiger partial charge in [0.15, 0.2) is 0 Å². The molecule has 3 unspecified atom stereocenters. The largest absolute Gasteiger partial charge is 0.326 e. The third kappa shape index (κ3) is 3.41. The molecule has 20 heavy (non-hydrogen) atoms. The zero-order valence-electron chi connectivity index (χ0n) is 12.8. The van der Waals surface area contributed by atoms with E-state index in [4.69, 9.17) is 5.73 Å². The van der Waals surface area contributed by atoms with E-state index in [1.54, 1.807) is 0 Å². The summed E-state index contributed by atoms with van der Waals surface area (Å²) in [6.07, 6.45) is 9.65. The van der Waals surface area contributed by atoms with Gasteiger partial charge in [-0.15, -0.1) is 0 Å². The van der Waals surface area contributed by atoms with Gasteiger partial charge in [-0.1, -0.05) is 19.8 Å². The summed E-state index contributed by atoms with van der Waals surface area (Å²) in [5, 5.41) is 0. The Balaban J connectivity index is 2.17. The van der Waals surface area contributed by atoms with E-state index in [1.807, 2.05) is 12.4 Å². The minimum Gasteiger partial charge on any atom is -0.326 e. The second kappa shape index (κ2) is 6.54. The van der Waals surface area contributed by atoms with Gasteiger partial charge in [-0.25, -0.2) is 0 Å². The predicted octanol–water partition coefficient (Wildman–Crippen LogP) is 3.22. The van der Waals surface area contributed by atoms with E-state index >= 15 is 0 Å². The molecule has 0 bridgehead atoms. The number of aromatic nitrogens is 1. The molecule has 0 saturated heterocycles. The van der Waals surface area contributed by atoms with Crippen molar-refractivity contribution in [2.45, 2.75) is 50.6 Å². The minimum atomic E-state index is 0.125. The van der Waals surface area contributed by atoms with Gasteiger partial charge in [0.05, 0.1) is 0 Å². The summed E-state index contributed by atoms with van der Waals surface area (Å²) in [4.78, 5) is 6.61. The van der Waals surface area contributed by atoms with Crippen LogP contribution in [0.2, 0.25) is 0 Å². The van der Waals surface area contributed by atoms with Crippen LogP contribution in [0.15, 0.2) is 22.9 Å². The van der Waals surface area contributed by atoms with Gasteiger partial charge >= 0.3 is 0 Å². The molecule has 1 aliphatic carbocycles. The molecule has 4 heteroatoms.